The number of aryl methyl sites for hydroxylation is 1. The van der Waals surface area contributed by atoms with Crippen molar-refractivity contribution < 1.29 is 5.11 Å². The molecule has 1 aromatic rings. The number of phenols is 1. The summed E-state index contributed by atoms with van der Waals surface area (Å²) in [6.07, 6.45) is 0. The number of rotatable bonds is 2. The topological polar surface area (TPSA) is 46.2 Å². The second-order valence-electron chi connectivity index (χ2n) is 3.30. The van der Waals surface area contributed by atoms with E-state index < -0.39 is 0 Å². The molecule has 0 aromatic heterocycles. The minimum Gasteiger partial charge on any atom is -0.508 e. The summed E-state index contributed by atoms with van der Waals surface area (Å²) < 4.78 is 0. The van der Waals surface area contributed by atoms with Crippen molar-refractivity contribution in [3.63, 3.8) is 0 Å². The van der Waals surface area contributed by atoms with Gasteiger partial charge in [0.1, 0.15) is 5.75 Å². The van der Waals surface area contributed by atoms with Crippen molar-refractivity contribution in [2.75, 3.05) is 6.54 Å². The van der Waals surface area contributed by atoms with Crippen molar-refractivity contribution in [3.05, 3.63) is 28.3 Å². The Kier molecular flexibility index (Phi) is 3.17. The van der Waals surface area contributed by atoms with Crippen LogP contribution in [0.3, 0.4) is 0 Å². The van der Waals surface area contributed by atoms with Crippen LogP contribution in [-0.2, 0) is 0 Å². The summed E-state index contributed by atoms with van der Waals surface area (Å²) in [5.74, 6) is 0.426. The summed E-state index contributed by atoms with van der Waals surface area (Å²) in [4.78, 5) is 0. The molecule has 0 amide bonds. The van der Waals surface area contributed by atoms with Crippen LogP contribution in [0.15, 0.2) is 12.1 Å². The van der Waals surface area contributed by atoms with Gasteiger partial charge in [-0.15, -0.1) is 0 Å². The maximum absolute atomic E-state index is 9.36. The van der Waals surface area contributed by atoms with Crippen LogP contribution in [0.5, 0.6) is 5.75 Å². The van der Waals surface area contributed by atoms with E-state index in [-0.39, 0.29) is 11.7 Å². The second kappa shape index (κ2) is 3.99. The van der Waals surface area contributed by atoms with E-state index in [1.165, 1.54) is 0 Å². The minimum absolute atomic E-state index is 0.179. The third-order valence-corrected chi connectivity index (χ3v) is 2.67. The van der Waals surface area contributed by atoms with E-state index in [1.807, 2.05) is 13.8 Å². The lowest BCUT2D eigenvalue weighted by Crippen LogP contribution is -2.09. The molecule has 0 spiro atoms. The molecule has 13 heavy (non-hydrogen) atoms. The third kappa shape index (κ3) is 2.14. The van der Waals surface area contributed by atoms with Gasteiger partial charge in [0.05, 0.1) is 0 Å². The van der Waals surface area contributed by atoms with E-state index in [4.69, 9.17) is 17.3 Å². The SMILES string of the molecule is Cc1cc(O)cc(C(C)CN)c1Cl. The molecule has 0 radical (unpaired) electrons. The molecule has 3 N–H and O–H groups in total. The Balaban J connectivity index is 3.20. The lowest BCUT2D eigenvalue weighted by Gasteiger charge is -2.13. The summed E-state index contributed by atoms with van der Waals surface area (Å²) in [7, 11) is 0. The van der Waals surface area contributed by atoms with Crippen molar-refractivity contribution in [3.8, 4) is 5.75 Å². The summed E-state index contributed by atoms with van der Waals surface area (Å²) >= 11 is 6.07. The quantitative estimate of drug-likeness (QED) is 0.769. The highest BCUT2D eigenvalue weighted by Crippen LogP contribution is 2.30. The number of halogens is 1. The molecule has 1 atom stereocenters. The summed E-state index contributed by atoms with van der Waals surface area (Å²) in [6, 6.07) is 3.32. The molecule has 2 nitrogen and oxygen atoms in total. The van der Waals surface area contributed by atoms with Crippen LogP contribution in [0, 0.1) is 6.92 Å². The summed E-state index contributed by atoms with van der Waals surface area (Å²) in [5, 5.41) is 10.1. The highest BCUT2D eigenvalue weighted by molar-refractivity contribution is 6.32. The Bertz CT molecular complexity index is 312. The first-order valence-corrected chi connectivity index (χ1v) is 4.63. The van der Waals surface area contributed by atoms with Gasteiger partial charge in [0.2, 0.25) is 0 Å². The summed E-state index contributed by atoms with van der Waals surface area (Å²) in [6.45, 7) is 4.39. The van der Waals surface area contributed by atoms with Gasteiger partial charge in [-0.25, -0.2) is 0 Å². The number of aromatic hydroxyl groups is 1. The molecular formula is C10H14ClNO. The van der Waals surface area contributed by atoms with Crippen LogP contribution in [0.4, 0.5) is 0 Å². The molecule has 0 aliphatic carbocycles. The van der Waals surface area contributed by atoms with Crippen molar-refractivity contribution >= 4 is 11.6 Å². The van der Waals surface area contributed by atoms with Crippen LogP contribution in [0.25, 0.3) is 0 Å². The smallest absolute Gasteiger partial charge is 0.116 e. The van der Waals surface area contributed by atoms with Crippen molar-refractivity contribution in [1.82, 2.24) is 0 Å². The number of phenolic OH excluding ortho intramolecular Hbond substituents is 1. The first-order valence-electron chi connectivity index (χ1n) is 4.25. The Morgan fingerprint density at radius 2 is 2.15 bits per heavy atom. The van der Waals surface area contributed by atoms with Gasteiger partial charge in [-0.1, -0.05) is 18.5 Å². The van der Waals surface area contributed by atoms with E-state index in [0.29, 0.717) is 11.6 Å². The van der Waals surface area contributed by atoms with Crippen molar-refractivity contribution in [2.24, 2.45) is 5.73 Å². The standard InChI is InChI=1S/C10H14ClNO/c1-6-3-8(13)4-9(10(6)11)7(2)5-12/h3-4,7,13H,5,12H2,1-2H3. The molecular weight excluding hydrogens is 186 g/mol. The van der Waals surface area contributed by atoms with Crippen LogP contribution >= 0.6 is 11.6 Å². The number of hydrogen-bond donors (Lipinski definition) is 2. The van der Waals surface area contributed by atoms with Gasteiger partial charge in [-0.05, 0) is 42.6 Å². The van der Waals surface area contributed by atoms with Crippen LogP contribution in [-0.4, -0.2) is 11.7 Å². The van der Waals surface area contributed by atoms with Crippen molar-refractivity contribution in [2.45, 2.75) is 19.8 Å². The first-order chi connectivity index (χ1) is 6.06. The zero-order chi connectivity index (χ0) is 10.0. The Morgan fingerprint density at radius 1 is 1.54 bits per heavy atom. The molecule has 0 heterocycles. The normalized spacial score (nSPS) is 12.9. The van der Waals surface area contributed by atoms with Gasteiger partial charge in [-0.3, -0.25) is 0 Å². The molecule has 0 saturated heterocycles. The van der Waals surface area contributed by atoms with Crippen LogP contribution in [0.2, 0.25) is 5.02 Å². The number of nitrogens with two attached hydrogens (primary N) is 1. The minimum atomic E-state index is 0.179. The average molecular weight is 200 g/mol. The monoisotopic (exact) mass is 199 g/mol. The van der Waals surface area contributed by atoms with E-state index in [9.17, 15) is 5.11 Å². The maximum atomic E-state index is 9.36. The van der Waals surface area contributed by atoms with Gasteiger partial charge >= 0.3 is 0 Å². The molecule has 0 saturated carbocycles. The van der Waals surface area contributed by atoms with E-state index in [2.05, 4.69) is 0 Å². The fourth-order valence-corrected chi connectivity index (χ4v) is 1.56. The van der Waals surface area contributed by atoms with Gasteiger partial charge in [0.15, 0.2) is 0 Å². The average Bonchev–Trinajstić information content (AvgIpc) is 2.10. The van der Waals surface area contributed by atoms with Crippen LogP contribution < -0.4 is 5.73 Å². The van der Waals surface area contributed by atoms with Crippen molar-refractivity contribution in [1.29, 1.82) is 0 Å². The lowest BCUT2D eigenvalue weighted by molar-refractivity contribution is 0.473. The molecule has 1 unspecified atom stereocenters. The van der Waals surface area contributed by atoms with Crippen LogP contribution in [0.1, 0.15) is 24.0 Å². The Hall–Kier alpha value is -0.730. The molecule has 1 rings (SSSR count). The first kappa shape index (κ1) is 10.4. The molecule has 0 aliphatic heterocycles. The molecule has 0 aliphatic rings. The zero-order valence-electron chi connectivity index (χ0n) is 7.84. The van der Waals surface area contributed by atoms with Gasteiger partial charge < -0.3 is 10.8 Å². The molecule has 3 heteroatoms. The lowest BCUT2D eigenvalue weighted by atomic mass is 9.99. The predicted molar refractivity (Wildman–Crippen MR) is 55.3 cm³/mol. The zero-order valence-corrected chi connectivity index (χ0v) is 8.60. The highest BCUT2D eigenvalue weighted by atomic mass is 35.5. The largest absolute Gasteiger partial charge is 0.508 e. The molecule has 0 bridgehead atoms. The Labute approximate surface area is 83.3 Å². The van der Waals surface area contributed by atoms with E-state index in [0.717, 1.165) is 11.1 Å². The van der Waals surface area contributed by atoms with E-state index in [1.54, 1.807) is 12.1 Å². The molecule has 72 valence electrons. The third-order valence-electron chi connectivity index (χ3n) is 2.15. The summed E-state index contributed by atoms with van der Waals surface area (Å²) in [5.41, 5.74) is 7.34. The fourth-order valence-electron chi connectivity index (χ4n) is 1.26. The molecule has 0 fully saturated rings. The highest BCUT2D eigenvalue weighted by Gasteiger charge is 2.11. The van der Waals surface area contributed by atoms with E-state index >= 15 is 0 Å². The maximum Gasteiger partial charge on any atom is 0.116 e. The number of hydrogen-bond acceptors (Lipinski definition) is 2. The Morgan fingerprint density at radius 3 is 2.69 bits per heavy atom. The fraction of sp³-hybridized carbons (Fsp3) is 0.400. The second-order valence-corrected chi connectivity index (χ2v) is 3.68. The van der Waals surface area contributed by atoms with Gasteiger partial charge in [-0.2, -0.15) is 0 Å². The van der Waals surface area contributed by atoms with Gasteiger partial charge in [0.25, 0.3) is 0 Å². The number of benzene rings is 1. The van der Waals surface area contributed by atoms with Gasteiger partial charge in [0, 0.05) is 5.02 Å². The molecule has 1 aromatic carbocycles. The predicted octanol–water partition coefficient (Wildman–Crippen LogP) is 2.42.